The van der Waals surface area contributed by atoms with Gasteiger partial charge in [0.15, 0.2) is 0 Å². The normalized spacial score (nSPS) is 19.4. The van der Waals surface area contributed by atoms with Gasteiger partial charge in [-0.15, -0.1) is 0 Å². The van der Waals surface area contributed by atoms with Gasteiger partial charge in [-0.05, 0) is 30.0 Å². The average Bonchev–Trinajstić information content (AvgIpc) is 2.58. The Hall–Kier alpha value is -0.930. The number of nitrogens with two attached hydrogens (primary N) is 1. The minimum absolute atomic E-state index is 0.459. The van der Waals surface area contributed by atoms with Gasteiger partial charge in [0.05, 0.1) is 0 Å². The van der Waals surface area contributed by atoms with E-state index in [-0.39, 0.29) is 0 Å². The van der Waals surface area contributed by atoms with Gasteiger partial charge >= 0.3 is 0 Å². The second kappa shape index (κ2) is 4.75. The van der Waals surface area contributed by atoms with Crippen LogP contribution in [0.5, 0.6) is 0 Å². The van der Waals surface area contributed by atoms with Crippen LogP contribution in [0.25, 0.3) is 0 Å². The lowest BCUT2D eigenvalue weighted by molar-refractivity contribution is 0.284. The molecule has 17 heavy (non-hydrogen) atoms. The van der Waals surface area contributed by atoms with E-state index in [0.717, 1.165) is 12.1 Å². The maximum absolute atomic E-state index is 5.65. The first-order chi connectivity index (χ1) is 7.96. The number of nitrogens with zero attached hydrogens (tertiary/aromatic N) is 1. The Labute approximate surface area is 109 Å². The van der Waals surface area contributed by atoms with Crippen molar-refractivity contribution in [2.75, 3.05) is 13.1 Å². The molecule has 1 aromatic carbocycles. The number of rotatable bonds is 3. The molecule has 1 aromatic rings. The summed E-state index contributed by atoms with van der Waals surface area (Å²) >= 11 is 5.00. The lowest BCUT2D eigenvalue weighted by Crippen LogP contribution is -2.23. The van der Waals surface area contributed by atoms with E-state index in [9.17, 15) is 0 Å². The largest absolute Gasteiger partial charge is 0.389 e. The SMILES string of the molecule is CC1(C)CCN(Cc2cccc(C(N)=S)c2)C1. The highest BCUT2D eigenvalue weighted by Crippen LogP contribution is 2.29. The molecule has 1 fully saturated rings. The molecule has 0 spiro atoms. The Morgan fingerprint density at radius 3 is 2.82 bits per heavy atom. The zero-order valence-electron chi connectivity index (χ0n) is 10.6. The number of hydrogen-bond donors (Lipinski definition) is 1. The van der Waals surface area contributed by atoms with Gasteiger partial charge in [0, 0.05) is 18.7 Å². The first kappa shape index (κ1) is 12.5. The molecule has 1 aliphatic heterocycles. The van der Waals surface area contributed by atoms with Crippen LogP contribution >= 0.6 is 12.2 Å². The van der Waals surface area contributed by atoms with Crippen molar-refractivity contribution in [3.05, 3.63) is 35.4 Å². The van der Waals surface area contributed by atoms with Crippen molar-refractivity contribution in [3.63, 3.8) is 0 Å². The van der Waals surface area contributed by atoms with E-state index in [4.69, 9.17) is 18.0 Å². The second-order valence-electron chi connectivity index (χ2n) is 5.69. The minimum Gasteiger partial charge on any atom is -0.389 e. The van der Waals surface area contributed by atoms with Crippen LogP contribution < -0.4 is 5.73 Å². The molecule has 1 heterocycles. The average molecular weight is 248 g/mol. The summed E-state index contributed by atoms with van der Waals surface area (Å²) in [5.41, 5.74) is 8.38. The van der Waals surface area contributed by atoms with Crippen molar-refractivity contribution in [3.8, 4) is 0 Å². The molecule has 0 bridgehead atoms. The van der Waals surface area contributed by atoms with E-state index in [1.807, 2.05) is 12.1 Å². The lowest BCUT2D eigenvalue weighted by atomic mass is 9.93. The Bertz CT molecular complexity index is 426. The zero-order valence-corrected chi connectivity index (χ0v) is 11.4. The summed E-state index contributed by atoms with van der Waals surface area (Å²) in [5, 5.41) is 0. The van der Waals surface area contributed by atoms with Gasteiger partial charge in [-0.3, -0.25) is 4.90 Å². The van der Waals surface area contributed by atoms with E-state index in [2.05, 4.69) is 30.9 Å². The van der Waals surface area contributed by atoms with Crippen LogP contribution in [-0.2, 0) is 6.54 Å². The number of hydrogen-bond acceptors (Lipinski definition) is 2. The van der Waals surface area contributed by atoms with E-state index < -0.39 is 0 Å². The van der Waals surface area contributed by atoms with Crippen LogP contribution in [0.2, 0.25) is 0 Å². The fourth-order valence-corrected chi connectivity index (χ4v) is 2.57. The van der Waals surface area contributed by atoms with Crippen molar-refractivity contribution in [1.82, 2.24) is 4.90 Å². The molecule has 0 saturated carbocycles. The molecule has 0 aromatic heterocycles. The highest BCUT2D eigenvalue weighted by atomic mass is 32.1. The molecule has 1 aliphatic rings. The fraction of sp³-hybridized carbons (Fsp3) is 0.500. The Morgan fingerprint density at radius 1 is 1.47 bits per heavy atom. The van der Waals surface area contributed by atoms with E-state index in [1.165, 1.54) is 25.1 Å². The van der Waals surface area contributed by atoms with Gasteiger partial charge in [0.1, 0.15) is 4.99 Å². The predicted octanol–water partition coefficient (Wildman–Crippen LogP) is 2.55. The van der Waals surface area contributed by atoms with Crippen molar-refractivity contribution < 1.29 is 0 Å². The van der Waals surface area contributed by atoms with Gasteiger partial charge < -0.3 is 5.73 Å². The third kappa shape index (κ3) is 3.27. The second-order valence-corrected chi connectivity index (χ2v) is 6.13. The molecule has 0 amide bonds. The van der Waals surface area contributed by atoms with Gasteiger partial charge in [-0.2, -0.15) is 0 Å². The predicted molar refractivity (Wildman–Crippen MR) is 76.0 cm³/mol. The molecular formula is C14H20N2S. The number of likely N-dealkylation sites (tertiary alicyclic amines) is 1. The molecule has 2 nitrogen and oxygen atoms in total. The van der Waals surface area contributed by atoms with Crippen LogP contribution in [0.15, 0.2) is 24.3 Å². The van der Waals surface area contributed by atoms with E-state index >= 15 is 0 Å². The molecule has 2 rings (SSSR count). The smallest absolute Gasteiger partial charge is 0.103 e. The molecule has 0 radical (unpaired) electrons. The highest BCUT2D eigenvalue weighted by molar-refractivity contribution is 7.80. The topological polar surface area (TPSA) is 29.3 Å². The summed E-state index contributed by atoms with van der Waals surface area (Å²) in [5.74, 6) is 0. The van der Waals surface area contributed by atoms with Crippen molar-refractivity contribution >= 4 is 17.2 Å². The minimum atomic E-state index is 0.459. The third-order valence-corrected chi connectivity index (χ3v) is 3.61. The molecule has 1 saturated heterocycles. The van der Waals surface area contributed by atoms with E-state index in [1.54, 1.807) is 0 Å². The maximum atomic E-state index is 5.65. The number of benzene rings is 1. The summed E-state index contributed by atoms with van der Waals surface area (Å²) in [6.07, 6.45) is 1.28. The van der Waals surface area contributed by atoms with Crippen LogP contribution in [0, 0.1) is 5.41 Å². The first-order valence-corrected chi connectivity index (χ1v) is 6.48. The molecule has 2 N–H and O–H groups in total. The van der Waals surface area contributed by atoms with Gasteiger partial charge in [0.25, 0.3) is 0 Å². The molecule has 0 unspecified atom stereocenters. The zero-order chi connectivity index (χ0) is 12.5. The molecule has 0 aliphatic carbocycles. The highest BCUT2D eigenvalue weighted by Gasteiger charge is 2.28. The fourth-order valence-electron chi connectivity index (χ4n) is 2.44. The quantitative estimate of drug-likeness (QED) is 0.834. The van der Waals surface area contributed by atoms with Crippen molar-refractivity contribution in [1.29, 1.82) is 0 Å². The van der Waals surface area contributed by atoms with Crippen LogP contribution in [-0.4, -0.2) is 23.0 Å². The Balaban J connectivity index is 2.04. The monoisotopic (exact) mass is 248 g/mol. The molecular weight excluding hydrogens is 228 g/mol. The Kier molecular flexibility index (Phi) is 3.50. The number of thiocarbonyl (C=S) groups is 1. The van der Waals surface area contributed by atoms with E-state index in [0.29, 0.717) is 10.4 Å². The summed E-state index contributed by atoms with van der Waals surface area (Å²) in [6, 6.07) is 8.26. The molecule has 0 atom stereocenters. The van der Waals surface area contributed by atoms with Gasteiger partial charge in [0.2, 0.25) is 0 Å². The summed E-state index contributed by atoms with van der Waals surface area (Å²) in [4.78, 5) is 2.98. The molecule has 92 valence electrons. The Morgan fingerprint density at radius 2 is 2.24 bits per heavy atom. The van der Waals surface area contributed by atoms with Crippen molar-refractivity contribution in [2.45, 2.75) is 26.8 Å². The van der Waals surface area contributed by atoms with Gasteiger partial charge in [-0.1, -0.05) is 44.3 Å². The lowest BCUT2D eigenvalue weighted by Gasteiger charge is -2.19. The van der Waals surface area contributed by atoms with Crippen LogP contribution in [0.3, 0.4) is 0 Å². The first-order valence-electron chi connectivity index (χ1n) is 6.07. The molecule has 3 heteroatoms. The van der Waals surface area contributed by atoms with Crippen molar-refractivity contribution in [2.24, 2.45) is 11.1 Å². The standard InChI is InChI=1S/C14H20N2S/c1-14(2)6-7-16(10-14)9-11-4-3-5-12(8-11)13(15)17/h3-5,8H,6-7,9-10H2,1-2H3,(H2,15,17). The maximum Gasteiger partial charge on any atom is 0.103 e. The third-order valence-electron chi connectivity index (χ3n) is 3.37. The summed E-state index contributed by atoms with van der Waals surface area (Å²) in [7, 11) is 0. The summed E-state index contributed by atoms with van der Waals surface area (Å²) < 4.78 is 0. The summed E-state index contributed by atoms with van der Waals surface area (Å²) in [6.45, 7) is 8.02. The van der Waals surface area contributed by atoms with Crippen LogP contribution in [0.4, 0.5) is 0 Å². The van der Waals surface area contributed by atoms with Gasteiger partial charge in [-0.25, -0.2) is 0 Å². The van der Waals surface area contributed by atoms with Crippen LogP contribution in [0.1, 0.15) is 31.4 Å².